The number of hydrogen-bond acceptors (Lipinski definition) is 5. The van der Waals surface area contributed by atoms with E-state index in [2.05, 4.69) is 36.0 Å². The molecule has 3 unspecified atom stereocenters. The molecule has 3 fully saturated rings. The second kappa shape index (κ2) is 13.4. The molecule has 37 heavy (non-hydrogen) atoms. The van der Waals surface area contributed by atoms with Crippen LogP contribution in [0.2, 0.25) is 0 Å². The van der Waals surface area contributed by atoms with Gasteiger partial charge in [0.1, 0.15) is 11.6 Å². The van der Waals surface area contributed by atoms with E-state index in [4.69, 9.17) is 4.74 Å². The van der Waals surface area contributed by atoms with Crippen molar-refractivity contribution in [3.8, 4) is 0 Å². The van der Waals surface area contributed by atoms with Gasteiger partial charge in [-0.05, 0) is 38.5 Å². The third kappa shape index (κ3) is 5.69. The number of ether oxygens (including phenoxy) is 1. The Morgan fingerprint density at radius 3 is 2.35 bits per heavy atom. The van der Waals surface area contributed by atoms with E-state index in [1.165, 1.54) is 0 Å². The van der Waals surface area contributed by atoms with E-state index in [-0.39, 0.29) is 29.2 Å². The van der Waals surface area contributed by atoms with Crippen molar-refractivity contribution in [2.45, 2.75) is 81.4 Å². The number of fused-ring (bicyclic) bond motifs is 1. The molecule has 0 aromatic carbocycles. The first-order chi connectivity index (χ1) is 17.8. The number of carbonyl (C=O) groups excluding carboxylic acids is 3. The molecule has 0 radical (unpaired) electrons. The minimum atomic E-state index is -1.04. The van der Waals surface area contributed by atoms with Crippen LogP contribution in [0.3, 0.4) is 0 Å². The van der Waals surface area contributed by atoms with Gasteiger partial charge >= 0.3 is 0 Å². The average molecular weight is 583 g/mol. The van der Waals surface area contributed by atoms with E-state index in [1.54, 1.807) is 26.9 Å². The molecule has 3 amide bonds. The maximum Gasteiger partial charge on any atom is 0.248 e. The summed E-state index contributed by atoms with van der Waals surface area (Å²) >= 11 is 3.75. The molecule has 0 aromatic rings. The Labute approximate surface area is 230 Å². The number of hydrogen-bond donors (Lipinski definition) is 1. The number of aliphatic hydroxyl groups excluding tert-OH is 1. The van der Waals surface area contributed by atoms with Gasteiger partial charge in [0.05, 0.1) is 17.9 Å². The molecule has 9 heteroatoms. The molecule has 0 aliphatic carbocycles. The lowest BCUT2D eigenvalue weighted by Gasteiger charge is -2.37. The minimum absolute atomic E-state index is 0.0935. The van der Waals surface area contributed by atoms with E-state index in [0.29, 0.717) is 52.0 Å². The van der Waals surface area contributed by atoms with Crippen LogP contribution in [-0.2, 0) is 19.1 Å². The zero-order valence-electron chi connectivity index (χ0n) is 22.4. The number of carbonyl (C=O) groups is 3. The molecule has 1 spiro atoms. The van der Waals surface area contributed by atoms with Gasteiger partial charge in [-0.1, -0.05) is 48.4 Å². The highest BCUT2D eigenvalue weighted by molar-refractivity contribution is 9.09. The smallest absolute Gasteiger partial charge is 0.248 e. The van der Waals surface area contributed by atoms with Crippen molar-refractivity contribution in [2.75, 3.05) is 39.3 Å². The van der Waals surface area contributed by atoms with Gasteiger partial charge in [-0.2, -0.15) is 0 Å². The second-order valence-corrected chi connectivity index (χ2v) is 11.7. The Kier molecular flexibility index (Phi) is 10.8. The first kappa shape index (κ1) is 29.8. The zero-order valence-corrected chi connectivity index (χ0v) is 24.0. The van der Waals surface area contributed by atoms with Crippen LogP contribution in [0.5, 0.6) is 0 Å². The number of likely N-dealkylation sites (tertiary alicyclic amines) is 1. The minimum Gasteiger partial charge on any atom is -0.396 e. The van der Waals surface area contributed by atoms with Gasteiger partial charge in [0.25, 0.3) is 0 Å². The molecule has 3 aliphatic rings. The highest BCUT2D eigenvalue weighted by Crippen LogP contribution is 2.60. The van der Waals surface area contributed by atoms with Gasteiger partial charge in [-0.25, -0.2) is 0 Å². The number of halogens is 1. The largest absolute Gasteiger partial charge is 0.396 e. The van der Waals surface area contributed by atoms with Crippen molar-refractivity contribution < 1.29 is 24.2 Å². The Balaban J connectivity index is 2.01. The Bertz CT molecular complexity index is 854. The average Bonchev–Trinajstić information content (AvgIpc) is 3.47. The highest BCUT2D eigenvalue weighted by Gasteiger charge is 2.76. The van der Waals surface area contributed by atoms with Crippen molar-refractivity contribution in [2.24, 2.45) is 11.8 Å². The number of nitrogens with zero attached hydrogens (tertiary/aromatic N) is 3. The van der Waals surface area contributed by atoms with Crippen LogP contribution in [0.25, 0.3) is 0 Å². The molecule has 0 aromatic heterocycles. The van der Waals surface area contributed by atoms with E-state index in [9.17, 15) is 19.5 Å². The fourth-order valence-electron chi connectivity index (χ4n) is 6.40. The van der Waals surface area contributed by atoms with Crippen molar-refractivity contribution in [3.63, 3.8) is 0 Å². The van der Waals surface area contributed by atoms with E-state index in [1.807, 2.05) is 6.92 Å². The maximum atomic E-state index is 14.2. The predicted molar refractivity (Wildman–Crippen MR) is 147 cm³/mol. The van der Waals surface area contributed by atoms with Crippen molar-refractivity contribution in [1.29, 1.82) is 0 Å². The van der Waals surface area contributed by atoms with Crippen LogP contribution < -0.4 is 0 Å². The van der Waals surface area contributed by atoms with Crippen molar-refractivity contribution in [3.05, 3.63) is 25.3 Å². The third-order valence-corrected chi connectivity index (χ3v) is 8.81. The third-order valence-electron chi connectivity index (χ3n) is 7.96. The molecular weight excluding hydrogens is 538 g/mol. The second-order valence-electron chi connectivity index (χ2n) is 10.5. The fraction of sp³-hybridized carbons (Fsp3) is 0.750. The molecule has 3 heterocycles. The monoisotopic (exact) mass is 581 g/mol. The van der Waals surface area contributed by atoms with Crippen LogP contribution in [0.15, 0.2) is 25.3 Å². The Morgan fingerprint density at radius 1 is 1.08 bits per heavy atom. The molecule has 3 saturated heterocycles. The summed E-state index contributed by atoms with van der Waals surface area (Å²) in [7, 11) is 0. The molecule has 3 rings (SSSR count). The molecule has 3 aliphatic heterocycles. The lowest BCUT2D eigenvalue weighted by atomic mass is 9.70. The normalized spacial score (nSPS) is 29.9. The summed E-state index contributed by atoms with van der Waals surface area (Å²) in [6.07, 6.45) is 8.14. The van der Waals surface area contributed by atoms with Crippen LogP contribution in [-0.4, -0.2) is 99.4 Å². The maximum absolute atomic E-state index is 14.2. The van der Waals surface area contributed by atoms with Gasteiger partial charge in [0.2, 0.25) is 17.7 Å². The van der Waals surface area contributed by atoms with Gasteiger partial charge in [-0.3, -0.25) is 14.4 Å². The first-order valence-electron chi connectivity index (χ1n) is 13.8. The van der Waals surface area contributed by atoms with Crippen molar-refractivity contribution in [1.82, 2.24) is 14.7 Å². The van der Waals surface area contributed by atoms with E-state index in [0.717, 1.165) is 25.7 Å². The first-order valence-corrected chi connectivity index (χ1v) is 14.8. The van der Waals surface area contributed by atoms with Crippen LogP contribution in [0.4, 0.5) is 0 Å². The van der Waals surface area contributed by atoms with Gasteiger partial charge in [0.15, 0.2) is 0 Å². The number of unbranched alkanes of at least 4 members (excludes halogenated alkanes) is 3. The topological polar surface area (TPSA) is 90.4 Å². The quantitative estimate of drug-likeness (QED) is 0.172. The van der Waals surface area contributed by atoms with E-state index < -0.39 is 29.6 Å². The number of amides is 3. The van der Waals surface area contributed by atoms with E-state index >= 15 is 0 Å². The number of alkyl halides is 1. The molecule has 1 N–H and O–H groups in total. The lowest BCUT2D eigenvalue weighted by Crippen LogP contribution is -2.57. The molecule has 8 nitrogen and oxygen atoms in total. The summed E-state index contributed by atoms with van der Waals surface area (Å²) in [5.74, 6) is -1.72. The van der Waals surface area contributed by atoms with Crippen LogP contribution in [0.1, 0.15) is 58.8 Å². The fourth-order valence-corrected chi connectivity index (χ4v) is 7.34. The Hall–Kier alpha value is -1.71. The summed E-state index contributed by atoms with van der Waals surface area (Å²) < 4.78 is 6.63. The molecular formula is C28H44BrN3O5. The van der Waals surface area contributed by atoms with Crippen LogP contribution >= 0.6 is 15.9 Å². The molecule has 208 valence electrons. The van der Waals surface area contributed by atoms with Crippen molar-refractivity contribution >= 4 is 33.7 Å². The molecule has 6 atom stereocenters. The standard InChI is InChI=1S/C28H44BrN3O5/c1-5-9-16-31(15-8-4)27(36)24-28-19-20(29)23(37-28)21(25(34)30(13-6-2)14-7-3)22(28)26(35)32(24)17-11-10-12-18-33/h6,8,20-24,33H,2,4-5,7,9-19H2,1,3H3/t20?,21-,22-,23-,24?,28?/m0/s1. The number of rotatable bonds is 16. The summed E-state index contributed by atoms with van der Waals surface area (Å²) in [6.45, 7) is 14.2. The molecule has 2 bridgehead atoms. The van der Waals surface area contributed by atoms with Gasteiger partial charge in [-0.15, -0.1) is 13.2 Å². The predicted octanol–water partition coefficient (Wildman–Crippen LogP) is 3.14. The summed E-state index contributed by atoms with van der Waals surface area (Å²) in [6, 6.07) is -0.780. The van der Waals surface area contributed by atoms with Gasteiger partial charge in [0, 0.05) is 44.2 Å². The SMILES string of the molecule is C=CCN(CCCC)C(=O)C1N(CCCCCO)C(=O)[C@@H]2[C@H](C(=O)N(CC=C)CCC)[C@H]3OC12CC3Br. The summed E-state index contributed by atoms with van der Waals surface area (Å²) in [5.41, 5.74) is -1.04. The summed E-state index contributed by atoms with van der Waals surface area (Å²) in [4.78, 5) is 47.3. The van der Waals surface area contributed by atoms with Gasteiger partial charge < -0.3 is 24.5 Å². The molecule has 0 saturated carbocycles. The number of aliphatic hydroxyl groups is 1. The lowest BCUT2D eigenvalue weighted by molar-refractivity contribution is -0.148. The highest BCUT2D eigenvalue weighted by atomic mass is 79.9. The summed E-state index contributed by atoms with van der Waals surface area (Å²) in [5, 5.41) is 9.22. The zero-order chi connectivity index (χ0) is 27.2. The Morgan fingerprint density at radius 2 is 1.76 bits per heavy atom. The van der Waals surface area contributed by atoms with Crippen LogP contribution in [0, 0.1) is 11.8 Å².